The van der Waals surface area contributed by atoms with Crippen molar-refractivity contribution >= 4 is 11.8 Å². The van der Waals surface area contributed by atoms with Gasteiger partial charge in [-0.05, 0) is 37.0 Å². The molecule has 1 aliphatic heterocycles. The third kappa shape index (κ3) is 5.17. The Labute approximate surface area is 147 Å². The molecule has 25 heavy (non-hydrogen) atoms. The highest BCUT2D eigenvalue weighted by Gasteiger charge is 2.23. The SMILES string of the molecule is C[C@@H](CNC(=O)N1CCC(Nc2cccnn2)CC1)Cn1cccn1. The number of carbonyl (C=O) groups is 1. The third-order valence-electron chi connectivity index (χ3n) is 4.37. The van der Waals surface area contributed by atoms with E-state index >= 15 is 0 Å². The number of piperidine rings is 1. The molecular formula is C17H25N7O. The molecule has 2 aromatic rings. The Balaban J connectivity index is 1.36. The molecule has 3 rings (SSSR count). The number of carbonyl (C=O) groups excluding carboxylic acids is 1. The van der Waals surface area contributed by atoms with E-state index in [0.29, 0.717) is 18.5 Å². The molecule has 1 fully saturated rings. The highest BCUT2D eigenvalue weighted by atomic mass is 16.2. The normalized spacial score (nSPS) is 16.4. The van der Waals surface area contributed by atoms with E-state index in [1.807, 2.05) is 34.0 Å². The minimum absolute atomic E-state index is 0.0188. The average molecular weight is 343 g/mol. The van der Waals surface area contributed by atoms with E-state index in [9.17, 15) is 4.79 Å². The van der Waals surface area contributed by atoms with Crippen LogP contribution in [-0.4, -0.2) is 56.6 Å². The summed E-state index contributed by atoms with van der Waals surface area (Å²) < 4.78 is 1.89. The number of hydrogen-bond donors (Lipinski definition) is 2. The van der Waals surface area contributed by atoms with E-state index in [0.717, 1.165) is 38.3 Å². The topological polar surface area (TPSA) is 88.0 Å². The predicted molar refractivity (Wildman–Crippen MR) is 95.0 cm³/mol. The summed E-state index contributed by atoms with van der Waals surface area (Å²) in [6.45, 7) is 5.06. The van der Waals surface area contributed by atoms with Crippen LogP contribution in [0.1, 0.15) is 19.8 Å². The highest BCUT2D eigenvalue weighted by Crippen LogP contribution is 2.14. The highest BCUT2D eigenvalue weighted by molar-refractivity contribution is 5.74. The van der Waals surface area contributed by atoms with Gasteiger partial charge in [0.15, 0.2) is 0 Å². The lowest BCUT2D eigenvalue weighted by molar-refractivity contribution is 0.181. The molecule has 8 heteroatoms. The van der Waals surface area contributed by atoms with Crippen molar-refractivity contribution in [2.24, 2.45) is 5.92 Å². The van der Waals surface area contributed by atoms with Gasteiger partial charge in [0.2, 0.25) is 0 Å². The smallest absolute Gasteiger partial charge is 0.317 e. The fourth-order valence-electron chi connectivity index (χ4n) is 2.98. The minimum Gasteiger partial charge on any atom is -0.366 e. The van der Waals surface area contributed by atoms with Crippen LogP contribution < -0.4 is 10.6 Å². The lowest BCUT2D eigenvalue weighted by Crippen LogP contribution is -2.47. The molecule has 0 radical (unpaired) electrons. The Morgan fingerprint density at radius 1 is 1.32 bits per heavy atom. The van der Waals surface area contributed by atoms with E-state index in [1.54, 1.807) is 12.4 Å². The Hall–Kier alpha value is -2.64. The van der Waals surface area contributed by atoms with Crippen LogP contribution in [0, 0.1) is 5.92 Å². The van der Waals surface area contributed by atoms with Crippen molar-refractivity contribution in [2.75, 3.05) is 25.0 Å². The van der Waals surface area contributed by atoms with Gasteiger partial charge >= 0.3 is 6.03 Å². The van der Waals surface area contributed by atoms with E-state index in [1.165, 1.54) is 0 Å². The van der Waals surface area contributed by atoms with Gasteiger partial charge in [0.05, 0.1) is 0 Å². The van der Waals surface area contributed by atoms with Crippen molar-refractivity contribution in [3.05, 3.63) is 36.8 Å². The molecule has 2 N–H and O–H groups in total. The Bertz CT molecular complexity index is 638. The van der Waals surface area contributed by atoms with Gasteiger partial charge < -0.3 is 15.5 Å². The molecule has 0 unspecified atom stereocenters. The van der Waals surface area contributed by atoms with E-state index in [4.69, 9.17) is 0 Å². The molecule has 0 aromatic carbocycles. The van der Waals surface area contributed by atoms with Gasteiger partial charge in [0.25, 0.3) is 0 Å². The van der Waals surface area contributed by atoms with Crippen molar-refractivity contribution in [1.82, 2.24) is 30.2 Å². The fraction of sp³-hybridized carbons (Fsp3) is 0.529. The van der Waals surface area contributed by atoms with Gasteiger partial charge in [-0.15, -0.1) is 5.10 Å². The van der Waals surface area contributed by atoms with Crippen molar-refractivity contribution < 1.29 is 4.79 Å². The summed E-state index contributed by atoms with van der Waals surface area (Å²) in [7, 11) is 0. The van der Waals surface area contributed by atoms with E-state index < -0.39 is 0 Å². The number of hydrogen-bond acceptors (Lipinski definition) is 5. The van der Waals surface area contributed by atoms with Crippen molar-refractivity contribution in [3.8, 4) is 0 Å². The molecule has 1 atom stereocenters. The first-order chi connectivity index (χ1) is 12.2. The molecule has 134 valence electrons. The Kier molecular flexibility index (Phi) is 5.81. The van der Waals surface area contributed by atoms with Gasteiger partial charge in [-0.25, -0.2) is 4.79 Å². The maximum absolute atomic E-state index is 12.3. The number of likely N-dealkylation sites (tertiary alicyclic amines) is 1. The summed E-state index contributed by atoms with van der Waals surface area (Å²) >= 11 is 0. The summed E-state index contributed by atoms with van der Waals surface area (Å²) in [5, 5.41) is 18.5. The lowest BCUT2D eigenvalue weighted by Gasteiger charge is -2.32. The maximum atomic E-state index is 12.3. The van der Waals surface area contributed by atoms with Crippen LogP contribution in [-0.2, 0) is 6.54 Å². The van der Waals surface area contributed by atoms with Crippen molar-refractivity contribution in [2.45, 2.75) is 32.4 Å². The number of anilines is 1. The quantitative estimate of drug-likeness (QED) is 0.832. The predicted octanol–water partition coefficient (Wildman–Crippen LogP) is 1.60. The van der Waals surface area contributed by atoms with Crippen LogP contribution in [0.15, 0.2) is 36.8 Å². The standard InChI is InChI=1S/C17H25N7O/c1-14(13-24-9-3-8-20-24)12-18-17(25)23-10-5-15(6-11-23)21-16-4-2-7-19-22-16/h2-4,7-9,14-15H,5-6,10-13H2,1H3,(H,18,25)(H,21,22)/t14-/m0/s1. The maximum Gasteiger partial charge on any atom is 0.317 e. The van der Waals surface area contributed by atoms with Crippen LogP contribution in [0.5, 0.6) is 0 Å². The monoisotopic (exact) mass is 343 g/mol. The zero-order chi connectivity index (χ0) is 17.5. The molecule has 1 saturated heterocycles. The van der Waals surface area contributed by atoms with Crippen LogP contribution in [0.25, 0.3) is 0 Å². The van der Waals surface area contributed by atoms with Gasteiger partial charge in [-0.1, -0.05) is 6.92 Å². The molecular weight excluding hydrogens is 318 g/mol. The molecule has 0 aliphatic carbocycles. The fourth-order valence-corrected chi connectivity index (χ4v) is 2.98. The van der Waals surface area contributed by atoms with Crippen LogP contribution in [0.3, 0.4) is 0 Å². The minimum atomic E-state index is 0.0188. The molecule has 0 bridgehead atoms. The number of aromatic nitrogens is 4. The van der Waals surface area contributed by atoms with Gasteiger partial charge in [0, 0.05) is 50.8 Å². The molecule has 1 aliphatic rings. The first kappa shape index (κ1) is 17.2. The van der Waals surface area contributed by atoms with E-state index in [2.05, 4.69) is 32.9 Å². The van der Waals surface area contributed by atoms with Gasteiger partial charge in [-0.2, -0.15) is 10.2 Å². The molecule has 0 spiro atoms. The van der Waals surface area contributed by atoms with Gasteiger partial charge in [-0.3, -0.25) is 4.68 Å². The van der Waals surface area contributed by atoms with Crippen LogP contribution >= 0.6 is 0 Å². The van der Waals surface area contributed by atoms with E-state index in [-0.39, 0.29) is 6.03 Å². The first-order valence-electron chi connectivity index (χ1n) is 8.75. The second-order valence-electron chi connectivity index (χ2n) is 6.53. The average Bonchev–Trinajstić information content (AvgIpc) is 3.14. The number of nitrogens with one attached hydrogen (secondary N) is 2. The number of nitrogens with zero attached hydrogens (tertiary/aromatic N) is 5. The summed E-state index contributed by atoms with van der Waals surface area (Å²) in [4.78, 5) is 14.2. The van der Waals surface area contributed by atoms with Crippen LogP contribution in [0.2, 0.25) is 0 Å². The summed E-state index contributed by atoms with van der Waals surface area (Å²) in [5.41, 5.74) is 0. The second kappa shape index (κ2) is 8.46. The van der Waals surface area contributed by atoms with Crippen molar-refractivity contribution in [1.29, 1.82) is 0 Å². The second-order valence-corrected chi connectivity index (χ2v) is 6.53. The summed E-state index contributed by atoms with van der Waals surface area (Å²) in [6.07, 6.45) is 7.18. The van der Waals surface area contributed by atoms with Crippen molar-refractivity contribution in [3.63, 3.8) is 0 Å². The first-order valence-corrected chi connectivity index (χ1v) is 8.75. The summed E-state index contributed by atoms with van der Waals surface area (Å²) in [6, 6.07) is 6.03. The largest absolute Gasteiger partial charge is 0.366 e. The molecule has 2 amide bonds. The number of urea groups is 1. The number of rotatable bonds is 6. The zero-order valence-corrected chi connectivity index (χ0v) is 14.5. The summed E-state index contributed by atoms with van der Waals surface area (Å²) in [5.74, 6) is 1.12. The Morgan fingerprint density at radius 3 is 2.84 bits per heavy atom. The van der Waals surface area contributed by atoms with Crippen LogP contribution in [0.4, 0.5) is 10.6 Å². The molecule has 2 aromatic heterocycles. The van der Waals surface area contributed by atoms with Gasteiger partial charge in [0.1, 0.15) is 5.82 Å². The molecule has 8 nitrogen and oxygen atoms in total. The number of amides is 2. The zero-order valence-electron chi connectivity index (χ0n) is 14.5. The molecule has 3 heterocycles. The third-order valence-corrected chi connectivity index (χ3v) is 4.37. The molecule has 0 saturated carbocycles. The lowest BCUT2D eigenvalue weighted by atomic mass is 10.1. The Morgan fingerprint density at radius 2 is 2.16 bits per heavy atom.